The van der Waals surface area contributed by atoms with Crippen LogP contribution in [-0.2, 0) is 4.74 Å². The first-order valence-corrected chi connectivity index (χ1v) is 7.00. The molecule has 0 aromatic heterocycles. The molecule has 0 rings (SSSR count). The van der Waals surface area contributed by atoms with Crippen LogP contribution in [-0.4, -0.2) is 62.8 Å². The predicted molar refractivity (Wildman–Crippen MR) is 69.9 cm³/mol. The number of ether oxygens (including phenoxy) is 1. The van der Waals surface area contributed by atoms with E-state index in [0.717, 1.165) is 45.1 Å². The van der Waals surface area contributed by atoms with Crippen LogP contribution in [0.15, 0.2) is 0 Å². The molecule has 4 heteroatoms. The van der Waals surface area contributed by atoms with Crippen LogP contribution in [0.1, 0.15) is 13.8 Å². The Hall–Kier alpha value is 0.230. The van der Waals surface area contributed by atoms with E-state index in [1.54, 1.807) is 7.11 Å². The molecule has 0 spiro atoms. The molecule has 0 aliphatic carbocycles. The molecule has 0 radical (unpaired) electrons. The smallest absolute Gasteiger partial charge is 0.0552 e. The molecule has 92 valence electrons. The number of nitrogens with one attached hydrogen (secondary N) is 1. The minimum absolute atomic E-state index is 0.865. The highest BCUT2D eigenvalue weighted by Gasteiger charge is 1.96. The molecule has 0 aromatic carbocycles. The normalized spacial score (nSPS) is 11.2. The van der Waals surface area contributed by atoms with E-state index >= 15 is 0 Å². The van der Waals surface area contributed by atoms with Gasteiger partial charge in [-0.3, -0.25) is 0 Å². The molecule has 0 atom stereocenters. The first-order valence-electron chi connectivity index (χ1n) is 5.84. The third-order valence-corrected chi connectivity index (χ3v) is 3.30. The summed E-state index contributed by atoms with van der Waals surface area (Å²) in [5.41, 5.74) is 0. The second-order valence-electron chi connectivity index (χ2n) is 3.38. The third kappa shape index (κ3) is 10.5. The van der Waals surface area contributed by atoms with Gasteiger partial charge in [0.05, 0.1) is 6.61 Å². The fourth-order valence-corrected chi connectivity index (χ4v) is 2.07. The monoisotopic (exact) mass is 234 g/mol. The molecule has 0 unspecified atom stereocenters. The minimum atomic E-state index is 0.865. The first kappa shape index (κ1) is 15.2. The number of methoxy groups -OCH3 is 1. The number of hydrogen-bond donors (Lipinski definition) is 1. The van der Waals surface area contributed by atoms with Gasteiger partial charge >= 0.3 is 0 Å². The maximum absolute atomic E-state index is 4.98. The maximum atomic E-state index is 4.98. The Bertz CT molecular complexity index is 121. The zero-order valence-electron chi connectivity index (χ0n) is 10.4. The summed E-state index contributed by atoms with van der Waals surface area (Å²) in [4.78, 5) is 2.44. The van der Waals surface area contributed by atoms with E-state index in [9.17, 15) is 0 Å². The third-order valence-electron chi connectivity index (χ3n) is 2.35. The summed E-state index contributed by atoms with van der Waals surface area (Å²) in [5, 5.41) is 3.46. The molecule has 0 bridgehead atoms. The zero-order chi connectivity index (χ0) is 11.4. The van der Waals surface area contributed by atoms with Crippen molar-refractivity contribution in [3.8, 4) is 0 Å². The van der Waals surface area contributed by atoms with Gasteiger partial charge in [0.2, 0.25) is 0 Å². The van der Waals surface area contributed by atoms with E-state index in [1.807, 2.05) is 11.8 Å². The van der Waals surface area contributed by atoms with Crippen LogP contribution in [0.2, 0.25) is 0 Å². The summed E-state index contributed by atoms with van der Waals surface area (Å²) < 4.78 is 4.98. The van der Waals surface area contributed by atoms with Crippen molar-refractivity contribution >= 4 is 11.8 Å². The second-order valence-corrected chi connectivity index (χ2v) is 4.61. The topological polar surface area (TPSA) is 24.5 Å². The molecule has 3 nitrogen and oxygen atoms in total. The van der Waals surface area contributed by atoms with Crippen molar-refractivity contribution in [2.45, 2.75) is 13.8 Å². The molecule has 0 aromatic rings. The standard InChI is InChI=1S/C11H26N2OS/c1-4-13(5-2)8-6-12-7-10-15-11-9-14-3/h12H,4-11H2,1-3H3. The molecule has 0 amide bonds. The highest BCUT2D eigenvalue weighted by molar-refractivity contribution is 7.99. The summed E-state index contributed by atoms with van der Waals surface area (Å²) in [6.45, 7) is 11.0. The van der Waals surface area contributed by atoms with E-state index in [-0.39, 0.29) is 0 Å². The lowest BCUT2D eigenvalue weighted by atomic mass is 10.4. The lowest BCUT2D eigenvalue weighted by Gasteiger charge is -2.17. The van der Waals surface area contributed by atoms with Gasteiger partial charge in [0.15, 0.2) is 0 Å². The highest BCUT2D eigenvalue weighted by Crippen LogP contribution is 1.96. The molecule has 0 saturated heterocycles. The van der Waals surface area contributed by atoms with E-state index in [2.05, 4.69) is 24.1 Å². The number of likely N-dealkylation sites (N-methyl/N-ethyl adjacent to an activating group) is 1. The number of rotatable bonds is 11. The van der Waals surface area contributed by atoms with Crippen LogP contribution in [0.5, 0.6) is 0 Å². The van der Waals surface area contributed by atoms with E-state index in [4.69, 9.17) is 4.74 Å². The quantitative estimate of drug-likeness (QED) is 0.545. The Morgan fingerprint density at radius 1 is 1.13 bits per heavy atom. The Labute approximate surface area is 98.9 Å². The van der Waals surface area contributed by atoms with Crippen LogP contribution >= 0.6 is 11.8 Å². The van der Waals surface area contributed by atoms with Crippen LogP contribution in [0.3, 0.4) is 0 Å². The van der Waals surface area contributed by atoms with Crippen molar-refractivity contribution in [3.63, 3.8) is 0 Å². The van der Waals surface area contributed by atoms with Gasteiger partial charge in [-0.05, 0) is 13.1 Å². The lowest BCUT2D eigenvalue weighted by Crippen LogP contribution is -2.32. The van der Waals surface area contributed by atoms with Gasteiger partial charge in [-0.1, -0.05) is 13.8 Å². The van der Waals surface area contributed by atoms with Gasteiger partial charge in [0.1, 0.15) is 0 Å². The van der Waals surface area contributed by atoms with Crippen LogP contribution < -0.4 is 5.32 Å². The Kier molecular flexibility index (Phi) is 12.5. The number of thioether (sulfide) groups is 1. The summed E-state index contributed by atoms with van der Waals surface area (Å²) in [6.07, 6.45) is 0. The van der Waals surface area contributed by atoms with Crippen LogP contribution in [0.4, 0.5) is 0 Å². The summed E-state index contributed by atoms with van der Waals surface area (Å²) >= 11 is 1.95. The van der Waals surface area contributed by atoms with Crippen molar-refractivity contribution in [1.29, 1.82) is 0 Å². The van der Waals surface area contributed by atoms with Crippen LogP contribution in [0.25, 0.3) is 0 Å². The lowest BCUT2D eigenvalue weighted by molar-refractivity contribution is 0.218. The number of hydrogen-bond acceptors (Lipinski definition) is 4. The van der Waals surface area contributed by atoms with Gasteiger partial charge in [0.25, 0.3) is 0 Å². The molecule has 0 saturated carbocycles. The summed E-state index contributed by atoms with van der Waals surface area (Å²) in [6, 6.07) is 0. The molecule has 0 aliphatic rings. The van der Waals surface area contributed by atoms with E-state index < -0.39 is 0 Å². The largest absolute Gasteiger partial charge is 0.384 e. The average Bonchev–Trinajstić information content (AvgIpc) is 2.27. The van der Waals surface area contributed by atoms with Gasteiger partial charge in [-0.25, -0.2) is 0 Å². The molecular weight excluding hydrogens is 208 g/mol. The van der Waals surface area contributed by atoms with Gasteiger partial charge in [-0.15, -0.1) is 0 Å². The summed E-state index contributed by atoms with van der Waals surface area (Å²) in [5.74, 6) is 2.29. The van der Waals surface area contributed by atoms with Crippen molar-refractivity contribution in [1.82, 2.24) is 10.2 Å². The number of nitrogens with zero attached hydrogens (tertiary/aromatic N) is 1. The van der Waals surface area contributed by atoms with Crippen molar-refractivity contribution in [3.05, 3.63) is 0 Å². The van der Waals surface area contributed by atoms with Crippen molar-refractivity contribution in [2.24, 2.45) is 0 Å². The predicted octanol–water partition coefficient (Wildman–Crippen LogP) is 1.30. The maximum Gasteiger partial charge on any atom is 0.0552 e. The van der Waals surface area contributed by atoms with E-state index in [0.29, 0.717) is 0 Å². The molecular formula is C11H26N2OS. The average molecular weight is 234 g/mol. The second kappa shape index (κ2) is 12.3. The summed E-state index contributed by atoms with van der Waals surface area (Å²) in [7, 11) is 1.75. The molecule has 1 N–H and O–H groups in total. The fraction of sp³-hybridized carbons (Fsp3) is 1.00. The van der Waals surface area contributed by atoms with Crippen molar-refractivity contribution in [2.75, 3.05) is 57.9 Å². The van der Waals surface area contributed by atoms with Gasteiger partial charge in [-0.2, -0.15) is 11.8 Å². The zero-order valence-corrected chi connectivity index (χ0v) is 11.2. The van der Waals surface area contributed by atoms with Crippen LogP contribution in [0, 0.1) is 0 Å². The SMILES string of the molecule is CCN(CC)CCNCCSCCOC. The Morgan fingerprint density at radius 2 is 1.87 bits per heavy atom. The van der Waals surface area contributed by atoms with Gasteiger partial charge < -0.3 is 15.0 Å². The minimum Gasteiger partial charge on any atom is -0.384 e. The Balaban J connectivity index is 3.04. The molecule has 0 fully saturated rings. The van der Waals surface area contributed by atoms with Gasteiger partial charge in [0, 0.05) is 38.2 Å². The highest BCUT2D eigenvalue weighted by atomic mass is 32.2. The van der Waals surface area contributed by atoms with Crippen molar-refractivity contribution < 1.29 is 4.74 Å². The Morgan fingerprint density at radius 3 is 2.47 bits per heavy atom. The first-order chi connectivity index (χ1) is 7.35. The molecule has 15 heavy (non-hydrogen) atoms. The fourth-order valence-electron chi connectivity index (χ4n) is 1.29. The van der Waals surface area contributed by atoms with E-state index in [1.165, 1.54) is 5.75 Å². The molecule has 0 aliphatic heterocycles. The molecule has 0 heterocycles.